The van der Waals surface area contributed by atoms with Crippen LogP contribution < -0.4 is 5.32 Å². The zero-order valence-electron chi connectivity index (χ0n) is 16.9. The first-order chi connectivity index (χ1) is 13.8. The van der Waals surface area contributed by atoms with Crippen molar-refractivity contribution in [3.8, 4) is 5.69 Å². The molecule has 3 aromatic rings. The molecular formula is C21H24Cl2N4OS. The minimum Gasteiger partial charge on any atom is -0.354 e. The van der Waals surface area contributed by atoms with E-state index in [1.165, 1.54) is 5.56 Å². The van der Waals surface area contributed by atoms with E-state index in [1.54, 1.807) is 28.2 Å². The lowest BCUT2D eigenvalue weighted by atomic mass is 10.1. The van der Waals surface area contributed by atoms with Crippen molar-refractivity contribution in [1.29, 1.82) is 0 Å². The summed E-state index contributed by atoms with van der Waals surface area (Å²) in [5.41, 5.74) is 4.69. The SMILES string of the molecule is Cc1nn(-c2ccc(Cl)c(Cl)c2)c(C)c1CC(=O)NCC(c1ccsc1)N(C)C. The molecule has 0 saturated carbocycles. The first kappa shape index (κ1) is 21.8. The predicted molar refractivity (Wildman–Crippen MR) is 121 cm³/mol. The van der Waals surface area contributed by atoms with E-state index >= 15 is 0 Å². The molecular weight excluding hydrogens is 427 g/mol. The standard InChI is InChI=1S/C21H24Cl2N4OS/c1-13-17(14(2)27(25-13)16-5-6-18(22)19(23)9-16)10-21(28)24-11-20(26(3)4)15-7-8-29-12-15/h5-9,12,20H,10-11H2,1-4H3,(H,24,28). The van der Waals surface area contributed by atoms with Crippen LogP contribution in [0.25, 0.3) is 5.69 Å². The van der Waals surface area contributed by atoms with Crippen LogP contribution in [0.15, 0.2) is 35.0 Å². The highest BCUT2D eigenvalue weighted by Gasteiger charge is 2.19. The molecule has 0 aliphatic rings. The first-order valence-corrected chi connectivity index (χ1v) is 10.9. The number of halogens is 2. The summed E-state index contributed by atoms with van der Waals surface area (Å²) < 4.78 is 1.80. The third-order valence-electron chi connectivity index (χ3n) is 4.97. The highest BCUT2D eigenvalue weighted by atomic mass is 35.5. The van der Waals surface area contributed by atoms with Crippen LogP contribution in [0.5, 0.6) is 0 Å². The van der Waals surface area contributed by atoms with Crippen molar-refractivity contribution < 1.29 is 4.79 Å². The summed E-state index contributed by atoms with van der Waals surface area (Å²) in [6.45, 7) is 4.43. The van der Waals surface area contributed by atoms with Gasteiger partial charge in [0.2, 0.25) is 5.91 Å². The fourth-order valence-electron chi connectivity index (χ4n) is 3.30. The number of carbonyl (C=O) groups excluding carboxylic acids is 1. The highest BCUT2D eigenvalue weighted by molar-refractivity contribution is 7.08. The van der Waals surface area contributed by atoms with Gasteiger partial charge in [-0.15, -0.1) is 0 Å². The molecule has 0 spiro atoms. The van der Waals surface area contributed by atoms with Gasteiger partial charge in [-0.2, -0.15) is 16.4 Å². The highest BCUT2D eigenvalue weighted by Crippen LogP contribution is 2.26. The molecule has 1 unspecified atom stereocenters. The van der Waals surface area contributed by atoms with Gasteiger partial charge in [0.1, 0.15) is 0 Å². The number of aryl methyl sites for hydroxylation is 1. The molecule has 0 saturated heterocycles. The number of carbonyl (C=O) groups is 1. The third kappa shape index (κ3) is 5.01. The molecule has 0 bridgehead atoms. The lowest BCUT2D eigenvalue weighted by Crippen LogP contribution is -2.35. The molecule has 1 amide bonds. The van der Waals surface area contributed by atoms with Crippen molar-refractivity contribution in [2.45, 2.75) is 26.3 Å². The molecule has 154 valence electrons. The maximum atomic E-state index is 12.7. The monoisotopic (exact) mass is 450 g/mol. The number of hydrogen-bond donors (Lipinski definition) is 1. The van der Waals surface area contributed by atoms with E-state index in [9.17, 15) is 4.79 Å². The van der Waals surface area contributed by atoms with Crippen LogP contribution in [0.2, 0.25) is 10.0 Å². The number of nitrogens with one attached hydrogen (secondary N) is 1. The Bertz CT molecular complexity index is 999. The molecule has 2 heterocycles. The Morgan fingerprint density at radius 2 is 2.00 bits per heavy atom. The van der Waals surface area contributed by atoms with Crippen LogP contribution in [-0.4, -0.2) is 41.2 Å². The van der Waals surface area contributed by atoms with Crippen LogP contribution in [-0.2, 0) is 11.2 Å². The molecule has 0 radical (unpaired) electrons. The van der Waals surface area contributed by atoms with Crippen LogP contribution in [0.3, 0.4) is 0 Å². The summed E-state index contributed by atoms with van der Waals surface area (Å²) in [4.78, 5) is 14.8. The largest absolute Gasteiger partial charge is 0.354 e. The van der Waals surface area contributed by atoms with Crippen molar-refractivity contribution in [3.63, 3.8) is 0 Å². The number of hydrogen-bond acceptors (Lipinski definition) is 4. The molecule has 5 nitrogen and oxygen atoms in total. The van der Waals surface area contributed by atoms with Gasteiger partial charge in [-0.3, -0.25) is 4.79 Å². The summed E-state index contributed by atoms with van der Waals surface area (Å²) in [6, 6.07) is 7.62. The van der Waals surface area contributed by atoms with Crippen LogP contribution in [0.4, 0.5) is 0 Å². The van der Waals surface area contributed by atoms with E-state index in [2.05, 4.69) is 32.1 Å². The van der Waals surface area contributed by atoms with E-state index in [0.29, 0.717) is 16.6 Å². The quantitative estimate of drug-likeness (QED) is 0.561. The molecule has 3 rings (SSSR count). The summed E-state index contributed by atoms with van der Waals surface area (Å²) in [5, 5.41) is 12.8. The maximum absolute atomic E-state index is 12.7. The van der Waals surface area contributed by atoms with Gasteiger partial charge in [-0.05, 0) is 68.5 Å². The third-order valence-corrected chi connectivity index (χ3v) is 6.41. The summed E-state index contributed by atoms with van der Waals surface area (Å²) >= 11 is 13.8. The Hall–Kier alpha value is -1.86. The molecule has 1 atom stereocenters. The lowest BCUT2D eigenvalue weighted by molar-refractivity contribution is -0.120. The Kier molecular flexibility index (Phi) is 7.01. The summed E-state index contributed by atoms with van der Waals surface area (Å²) in [7, 11) is 4.04. The van der Waals surface area contributed by atoms with Crippen molar-refractivity contribution >= 4 is 40.4 Å². The Balaban J connectivity index is 1.72. The van der Waals surface area contributed by atoms with Gasteiger partial charge in [0.25, 0.3) is 0 Å². The number of nitrogens with zero attached hydrogens (tertiary/aromatic N) is 3. The van der Waals surface area contributed by atoms with Crippen LogP contribution >= 0.6 is 34.5 Å². The van der Waals surface area contributed by atoms with E-state index in [4.69, 9.17) is 23.2 Å². The van der Waals surface area contributed by atoms with Gasteiger partial charge in [0.15, 0.2) is 0 Å². The molecule has 1 N–H and O–H groups in total. The molecule has 8 heteroatoms. The van der Waals surface area contributed by atoms with Gasteiger partial charge >= 0.3 is 0 Å². The Labute approximate surface area is 185 Å². The average Bonchev–Trinajstić information content (AvgIpc) is 3.28. The van der Waals surface area contributed by atoms with E-state index < -0.39 is 0 Å². The number of amides is 1. The van der Waals surface area contributed by atoms with Crippen LogP contribution in [0, 0.1) is 13.8 Å². The van der Waals surface area contributed by atoms with Gasteiger partial charge in [0.05, 0.1) is 33.9 Å². The normalized spacial score (nSPS) is 12.4. The number of thiophene rings is 1. The molecule has 0 aliphatic heterocycles. The second kappa shape index (κ2) is 9.30. The smallest absolute Gasteiger partial charge is 0.224 e. The Morgan fingerprint density at radius 3 is 2.62 bits per heavy atom. The minimum absolute atomic E-state index is 0.0213. The Morgan fingerprint density at radius 1 is 1.24 bits per heavy atom. The zero-order chi connectivity index (χ0) is 21.1. The average molecular weight is 451 g/mol. The van der Waals surface area contributed by atoms with Crippen molar-refractivity contribution in [1.82, 2.24) is 20.0 Å². The van der Waals surface area contributed by atoms with Crippen molar-refractivity contribution in [3.05, 3.63) is 67.6 Å². The predicted octanol–water partition coefficient (Wildman–Crippen LogP) is 4.82. The molecule has 29 heavy (non-hydrogen) atoms. The van der Waals surface area contributed by atoms with E-state index in [-0.39, 0.29) is 18.4 Å². The van der Waals surface area contributed by atoms with Crippen molar-refractivity contribution in [2.75, 3.05) is 20.6 Å². The molecule has 1 aromatic carbocycles. The first-order valence-electron chi connectivity index (χ1n) is 9.23. The second-order valence-corrected chi connectivity index (χ2v) is 8.77. The maximum Gasteiger partial charge on any atom is 0.224 e. The second-order valence-electron chi connectivity index (χ2n) is 7.18. The summed E-state index contributed by atoms with van der Waals surface area (Å²) in [5.74, 6) is -0.0213. The lowest BCUT2D eigenvalue weighted by Gasteiger charge is -2.24. The number of aromatic nitrogens is 2. The minimum atomic E-state index is -0.0213. The molecule has 0 fully saturated rings. The number of benzene rings is 1. The van der Waals surface area contributed by atoms with E-state index in [1.807, 2.05) is 34.0 Å². The van der Waals surface area contributed by atoms with Gasteiger partial charge < -0.3 is 10.2 Å². The van der Waals surface area contributed by atoms with Gasteiger partial charge in [-0.25, -0.2) is 4.68 Å². The fourth-order valence-corrected chi connectivity index (χ4v) is 4.30. The van der Waals surface area contributed by atoms with Gasteiger partial charge in [0, 0.05) is 17.8 Å². The zero-order valence-corrected chi connectivity index (χ0v) is 19.2. The van der Waals surface area contributed by atoms with Gasteiger partial charge in [-0.1, -0.05) is 23.2 Å². The fraction of sp³-hybridized carbons (Fsp3) is 0.333. The number of rotatable bonds is 7. The van der Waals surface area contributed by atoms with Crippen LogP contribution in [0.1, 0.15) is 28.6 Å². The molecule has 0 aliphatic carbocycles. The summed E-state index contributed by atoms with van der Waals surface area (Å²) in [6.07, 6.45) is 0.281. The molecule has 2 aromatic heterocycles. The number of likely N-dealkylation sites (N-methyl/N-ethyl adjacent to an activating group) is 1. The topological polar surface area (TPSA) is 50.2 Å². The van der Waals surface area contributed by atoms with E-state index in [0.717, 1.165) is 22.6 Å². The van der Waals surface area contributed by atoms with Crippen molar-refractivity contribution in [2.24, 2.45) is 0 Å².